The van der Waals surface area contributed by atoms with Crippen LogP contribution in [0.4, 0.5) is 0 Å². The lowest BCUT2D eigenvalue weighted by molar-refractivity contribution is -0.166. The predicted octanol–water partition coefficient (Wildman–Crippen LogP) is 1.15. The largest absolute Gasteiger partial charge is 0.478 e. The van der Waals surface area contributed by atoms with Crippen molar-refractivity contribution in [3.8, 4) is 0 Å². The fourth-order valence-corrected chi connectivity index (χ4v) is 2.72. The minimum atomic E-state index is -1.65. The Morgan fingerprint density at radius 2 is 1.63 bits per heavy atom. The Bertz CT molecular complexity index is 430. The lowest BCUT2D eigenvalue weighted by Gasteiger charge is -2.26. The zero-order chi connectivity index (χ0) is 14.8. The Morgan fingerprint density at radius 3 is 2.00 bits per heavy atom. The molecule has 1 aliphatic rings. The second kappa shape index (κ2) is 5.03. The van der Waals surface area contributed by atoms with E-state index in [1.54, 1.807) is 0 Å². The third-order valence-electron chi connectivity index (χ3n) is 3.33. The van der Waals surface area contributed by atoms with E-state index in [9.17, 15) is 14.4 Å². The maximum Gasteiger partial charge on any atom is 0.328 e. The Morgan fingerprint density at radius 1 is 1.16 bits per heavy atom. The average Bonchev–Trinajstić information content (AvgIpc) is 2.58. The van der Waals surface area contributed by atoms with Crippen molar-refractivity contribution >= 4 is 17.9 Å². The molecule has 1 N–H and O–H groups in total. The number of methoxy groups -OCH3 is 2. The summed E-state index contributed by atoms with van der Waals surface area (Å²) >= 11 is 0. The molecule has 0 aromatic carbocycles. The molecule has 1 saturated carbocycles. The summed E-state index contributed by atoms with van der Waals surface area (Å²) in [4.78, 5) is 35.0. The van der Waals surface area contributed by atoms with Gasteiger partial charge in [-0.1, -0.05) is 13.8 Å². The number of carbonyl (C=O) groups is 3. The monoisotopic (exact) mass is 270 g/mol. The number of hydrogen-bond acceptors (Lipinski definition) is 5. The van der Waals surface area contributed by atoms with E-state index in [1.807, 2.05) is 13.8 Å². The molecule has 0 spiro atoms. The van der Waals surface area contributed by atoms with Gasteiger partial charge in [0.1, 0.15) is 0 Å². The normalized spacial score (nSPS) is 22.0. The molecular weight excluding hydrogens is 252 g/mol. The van der Waals surface area contributed by atoms with E-state index in [1.165, 1.54) is 0 Å². The number of aliphatic carboxylic acids is 1. The van der Waals surface area contributed by atoms with Crippen molar-refractivity contribution in [2.75, 3.05) is 14.2 Å². The van der Waals surface area contributed by atoms with E-state index in [-0.39, 0.29) is 17.4 Å². The van der Waals surface area contributed by atoms with Crippen LogP contribution >= 0.6 is 0 Å². The van der Waals surface area contributed by atoms with Gasteiger partial charge in [-0.05, 0) is 23.8 Å². The van der Waals surface area contributed by atoms with Crippen LogP contribution in [-0.2, 0) is 23.9 Å². The van der Waals surface area contributed by atoms with E-state index >= 15 is 0 Å². The molecule has 1 rings (SSSR count). The van der Waals surface area contributed by atoms with Gasteiger partial charge in [-0.3, -0.25) is 9.59 Å². The van der Waals surface area contributed by atoms with Crippen LogP contribution in [0.2, 0.25) is 0 Å². The van der Waals surface area contributed by atoms with Crippen molar-refractivity contribution in [1.82, 2.24) is 0 Å². The molecule has 6 heteroatoms. The van der Waals surface area contributed by atoms with Crippen LogP contribution < -0.4 is 0 Å². The van der Waals surface area contributed by atoms with E-state index in [0.717, 1.165) is 20.3 Å². The van der Waals surface area contributed by atoms with Gasteiger partial charge in [-0.2, -0.15) is 0 Å². The van der Waals surface area contributed by atoms with Gasteiger partial charge in [0.15, 0.2) is 5.41 Å². The standard InChI is InChI=1S/C13H18O6/c1-12(2)6-8(5-9(14)15)13(7-12,10(16)18-3)11(17)19-4/h5H,6-7H2,1-4H3,(H,14,15)/b8-5+. The molecule has 1 aliphatic carbocycles. The van der Waals surface area contributed by atoms with Crippen molar-refractivity contribution in [2.24, 2.45) is 10.8 Å². The molecule has 0 radical (unpaired) electrons. The Labute approximate surface area is 111 Å². The maximum atomic E-state index is 12.1. The Hall–Kier alpha value is -1.85. The number of rotatable bonds is 3. The highest BCUT2D eigenvalue weighted by atomic mass is 16.5. The molecular formula is C13H18O6. The average molecular weight is 270 g/mol. The molecule has 0 aromatic rings. The van der Waals surface area contributed by atoms with E-state index < -0.39 is 23.3 Å². The van der Waals surface area contributed by atoms with Gasteiger partial charge in [0.05, 0.1) is 14.2 Å². The highest BCUT2D eigenvalue weighted by molar-refractivity contribution is 6.05. The van der Waals surface area contributed by atoms with Crippen molar-refractivity contribution < 1.29 is 29.0 Å². The minimum absolute atomic E-state index is 0.165. The summed E-state index contributed by atoms with van der Waals surface area (Å²) in [5.74, 6) is -2.76. The number of carbonyl (C=O) groups excluding carboxylic acids is 2. The summed E-state index contributed by atoms with van der Waals surface area (Å²) in [6.45, 7) is 3.71. The predicted molar refractivity (Wildman–Crippen MR) is 65.2 cm³/mol. The molecule has 0 unspecified atom stereocenters. The molecule has 0 heterocycles. The first kappa shape index (κ1) is 15.2. The molecule has 1 fully saturated rings. The van der Waals surface area contributed by atoms with Crippen molar-refractivity contribution in [1.29, 1.82) is 0 Å². The quantitative estimate of drug-likeness (QED) is 0.470. The van der Waals surface area contributed by atoms with Crippen LogP contribution in [0.25, 0.3) is 0 Å². The third kappa shape index (κ3) is 2.62. The van der Waals surface area contributed by atoms with E-state index in [2.05, 4.69) is 0 Å². The molecule has 106 valence electrons. The molecule has 0 amide bonds. The summed E-state index contributed by atoms with van der Waals surface area (Å²) < 4.78 is 9.38. The van der Waals surface area contributed by atoms with Crippen LogP contribution in [0.3, 0.4) is 0 Å². The van der Waals surface area contributed by atoms with Gasteiger partial charge >= 0.3 is 17.9 Å². The van der Waals surface area contributed by atoms with E-state index in [4.69, 9.17) is 14.6 Å². The molecule has 0 saturated heterocycles. The molecule has 6 nitrogen and oxygen atoms in total. The van der Waals surface area contributed by atoms with Crippen LogP contribution in [0.15, 0.2) is 11.6 Å². The number of esters is 2. The number of ether oxygens (including phenoxy) is 2. The zero-order valence-corrected chi connectivity index (χ0v) is 11.5. The first-order valence-electron chi connectivity index (χ1n) is 5.80. The second-order valence-electron chi connectivity index (χ2n) is 5.41. The Balaban J connectivity index is 3.45. The minimum Gasteiger partial charge on any atom is -0.478 e. The van der Waals surface area contributed by atoms with Gasteiger partial charge in [0.2, 0.25) is 0 Å². The maximum absolute atomic E-state index is 12.1. The number of carboxylic acids is 1. The van der Waals surface area contributed by atoms with Crippen LogP contribution in [-0.4, -0.2) is 37.2 Å². The van der Waals surface area contributed by atoms with Gasteiger partial charge in [-0.25, -0.2) is 4.79 Å². The highest BCUT2D eigenvalue weighted by Gasteiger charge is 2.59. The van der Waals surface area contributed by atoms with Crippen molar-refractivity contribution in [2.45, 2.75) is 26.7 Å². The fourth-order valence-electron chi connectivity index (χ4n) is 2.72. The number of carboxylic acid groups (broad SMARTS) is 1. The molecule has 0 aromatic heterocycles. The summed E-state index contributed by atoms with van der Waals surface area (Å²) in [6.07, 6.45) is 1.39. The third-order valence-corrected chi connectivity index (χ3v) is 3.33. The Kier molecular flexibility index (Phi) is 4.03. The first-order chi connectivity index (χ1) is 8.69. The fraction of sp³-hybridized carbons (Fsp3) is 0.615. The van der Waals surface area contributed by atoms with Crippen molar-refractivity contribution in [3.05, 3.63) is 11.6 Å². The SMILES string of the molecule is COC(=O)C1(C(=O)OC)CC(C)(C)C/C1=C\C(=O)O. The lowest BCUT2D eigenvalue weighted by Crippen LogP contribution is -2.41. The zero-order valence-electron chi connectivity index (χ0n) is 11.5. The van der Waals surface area contributed by atoms with Crippen LogP contribution in [0.5, 0.6) is 0 Å². The highest BCUT2D eigenvalue weighted by Crippen LogP contribution is 2.54. The molecule has 0 bridgehead atoms. The van der Waals surface area contributed by atoms with Gasteiger partial charge < -0.3 is 14.6 Å². The molecule has 0 aliphatic heterocycles. The summed E-state index contributed by atoms with van der Waals surface area (Å²) in [6, 6.07) is 0. The van der Waals surface area contributed by atoms with Crippen molar-refractivity contribution in [3.63, 3.8) is 0 Å². The smallest absolute Gasteiger partial charge is 0.328 e. The molecule has 19 heavy (non-hydrogen) atoms. The number of hydrogen-bond donors (Lipinski definition) is 1. The van der Waals surface area contributed by atoms with Gasteiger partial charge in [-0.15, -0.1) is 0 Å². The van der Waals surface area contributed by atoms with Gasteiger partial charge in [0, 0.05) is 6.08 Å². The topological polar surface area (TPSA) is 89.9 Å². The molecule has 0 atom stereocenters. The van der Waals surface area contributed by atoms with Gasteiger partial charge in [0.25, 0.3) is 0 Å². The summed E-state index contributed by atoms with van der Waals surface area (Å²) in [5.41, 5.74) is -1.81. The summed E-state index contributed by atoms with van der Waals surface area (Å²) in [7, 11) is 2.33. The van der Waals surface area contributed by atoms with E-state index in [0.29, 0.717) is 6.42 Å². The van der Waals surface area contributed by atoms with Crippen LogP contribution in [0.1, 0.15) is 26.7 Å². The lowest BCUT2D eigenvalue weighted by atomic mass is 9.79. The van der Waals surface area contributed by atoms with Crippen LogP contribution in [0, 0.1) is 10.8 Å². The summed E-state index contributed by atoms with van der Waals surface area (Å²) in [5, 5.41) is 8.90. The first-order valence-corrected chi connectivity index (χ1v) is 5.80. The second-order valence-corrected chi connectivity index (χ2v) is 5.41.